The summed E-state index contributed by atoms with van der Waals surface area (Å²) in [4.78, 5) is 0. The van der Waals surface area contributed by atoms with Crippen molar-refractivity contribution in [2.75, 3.05) is 6.61 Å². The van der Waals surface area contributed by atoms with Gasteiger partial charge in [0.2, 0.25) is 0 Å². The largest absolute Gasteiger partial charge is 0.411 e. The van der Waals surface area contributed by atoms with Crippen molar-refractivity contribution in [3.63, 3.8) is 0 Å². The van der Waals surface area contributed by atoms with Crippen molar-refractivity contribution in [3.05, 3.63) is 35.5 Å². The zero-order valence-corrected chi connectivity index (χ0v) is 16.0. The van der Waals surface area contributed by atoms with Crippen molar-refractivity contribution in [2.24, 2.45) is 5.92 Å². The number of halogens is 3. The zero-order chi connectivity index (χ0) is 18.8. The monoisotopic (exact) mass is 370 g/mol. The summed E-state index contributed by atoms with van der Waals surface area (Å²) >= 11 is 0. The van der Waals surface area contributed by atoms with Gasteiger partial charge in [-0.1, -0.05) is 76.2 Å². The standard InChI is InChI=1S/C22H33F3O/c1-2-3-4-5-6-7-8-18-9-11-19(12-10-18)20-13-15-21(16-14-20)26-17-22(23,24)25/h11,13-15,18,21H,2-10,12,16-17H2,1H3. The van der Waals surface area contributed by atoms with Crippen molar-refractivity contribution in [1.82, 2.24) is 0 Å². The first-order valence-corrected chi connectivity index (χ1v) is 10.2. The van der Waals surface area contributed by atoms with Crippen LogP contribution < -0.4 is 0 Å². The summed E-state index contributed by atoms with van der Waals surface area (Å²) in [6, 6.07) is 0. The van der Waals surface area contributed by atoms with Gasteiger partial charge < -0.3 is 4.74 Å². The van der Waals surface area contributed by atoms with E-state index in [1.165, 1.54) is 62.5 Å². The maximum Gasteiger partial charge on any atom is 0.411 e. The van der Waals surface area contributed by atoms with Crippen molar-refractivity contribution >= 4 is 0 Å². The Morgan fingerprint density at radius 1 is 1.04 bits per heavy atom. The van der Waals surface area contributed by atoms with Crippen molar-refractivity contribution in [3.8, 4) is 0 Å². The van der Waals surface area contributed by atoms with E-state index >= 15 is 0 Å². The second-order valence-corrected chi connectivity index (χ2v) is 7.65. The molecule has 0 spiro atoms. The molecule has 1 nitrogen and oxygen atoms in total. The Labute approximate surface area is 156 Å². The van der Waals surface area contributed by atoms with Crippen LogP contribution in [-0.2, 0) is 4.74 Å². The zero-order valence-electron chi connectivity index (χ0n) is 16.0. The molecule has 0 aromatic rings. The summed E-state index contributed by atoms with van der Waals surface area (Å²) in [6.07, 6.45) is 16.8. The van der Waals surface area contributed by atoms with E-state index < -0.39 is 18.9 Å². The molecule has 2 aliphatic carbocycles. The van der Waals surface area contributed by atoms with Crippen LogP contribution in [0.25, 0.3) is 0 Å². The van der Waals surface area contributed by atoms with Gasteiger partial charge in [0.05, 0.1) is 6.10 Å². The molecule has 0 aliphatic heterocycles. The smallest absolute Gasteiger partial charge is 0.364 e. The van der Waals surface area contributed by atoms with Crippen molar-refractivity contribution in [1.29, 1.82) is 0 Å². The number of ether oxygens (including phenoxy) is 1. The molecule has 2 rings (SSSR count). The summed E-state index contributed by atoms with van der Waals surface area (Å²) in [7, 11) is 0. The molecular formula is C22H33F3O. The third-order valence-corrected chi connectivity index (χ3v) is 5.38. The van der Waals surface area contributed by atoms with E-state index in [9.17, 15) is 13.2 Å². The molecule has 0 fully saturated rings. The van der Waals surface area contributed by atoms with E-state index in [1.54, 1.807) is 6.08 Å². The highest BCUT2D eigenvalue weighted by Gasteiger charge is 2.29. The van der Waals surface area contributed by atoms with Gasteiger partial charge in [0.15, 0.2) is 0 Å². The molecule has 0 aromatic carbocycles. The maximum atomic E-state index is 12.2. The van der Waals surface area contributed by atoms with Gasteiger partial charge >= 0.3 is 6.18 Å². The van der Waals surface area contributed by atoms with Crippen LogP contribution in [-0.4, -0.2) is 18.9 Å². The third-order valence-electron chi connectivity index (χ3n) is 5.38. The Morgan fingerprint density at radius 3 is 2.42 bits per heavy atom. The van der Waals surface area contributed by atoms with Gasteiger partial charge in [-0.25, -0.2) is 0 Å². The molecule has 0 aromatic heterocycles. The molecule has 148 valence electrons. The number of rotatable bonds is 10. The molecule has 26 heavy (non-hydrogen) atoms. The molecule has 0 radical (unpaired) electrons. The molecule has 0 N–H and O–H groups in total. The van der Waals surface area contributed by atoms with E-state index in [-0.39, 0.29) is 0 Å². The topological polar surface area (TPSA) is 9.23 Å². The lowest BCUT2D eigenvalue weighted by Crippen LogP contribution is -2.22. The number of allylic oxidation sites excluding steroid dienone is 4. The highest BCUT2D eigenvalue weighted by molar-refractivity contribution is 5.42. The first-order valence-electron chi connectivity index (χ1n) is 10.2. The molecule has 0 amide bonds. The van der Waals surface area contributed by atoms with E-state index in [2.05, 4.69) is 13.0 Å². The summed E-state index contributed by atoms with van der Waals surface area (Å²) in [5.41, 5.74) is 2.53. The van der Waals surface area contributed by atoms with Crippen molar-refractivity contribution in [2.45, 2.75) is 89.8 Å². The molecule has 0 saturated carbocycles. The van der Waals surface area contributed by atoms with Gasteiger partial charge in [0, 0.05) is 0 Å². The molecular weight excluding hydrogens is 337 g/mol. The van der Waals surface area contributed by atoms with Crippen LogP contribution in [0.5, 0.6) is 0 Å². The van der Waals surface area contributed by atoms with Crippen LogP contribution in [0.3, 0.4) is 0 Å². The Morgan fingerprint density at radius 2 is 1.81 bits per heavy atom. The molecule has 4 heteroatoms. The fourth-order valence-electron chi connectivity index (χ4n) is 3.79. The second-order valence-electron chi connectivity index (χ2n) is 7.65. The van der Waals surface area contributed by atoms with E-state index in [0.717, 1.165) is 18.8 Å². The van der Waals surface area contributed by atoms with E-state index in [4.69, 9.17) is 4.74 Å². The second kappa shape index (κ2) is 11.0. The maximum absolute atomic E-state index is 12.2. The number of hydrogen-bond acceptors (Lipinski definition) is 1. The molecule has 2 atom stereocenters. The first-order chi connectivity index (χ1) is 12.5. The predicted molar refractivity (Wildman–Crippen MR) is 101 cm³/mol. The predicted octanol–water partition coefficient (Wildman–Crippen LogP) is 7.30. The van der Waals surface area contributed by atoms with Gasteiger partial charge in [-0.3, -0.25) is 0 Å². The lowest BCUT2D eigenvalue weighted by molar-refractivity contribution is -0.180. The lowest BCUT2D eigenvalue weighted by Gasteiger charge is -2.24. The van der Waals surface area contributed by atoms with E-state index in [1.807, 2.05) is 12.2 Å². The SMILES string of the molecule is CCCCCCCCC1CC=C(C2=CCC(OCC(F)(F)F)C=C2)CC1. The lowest BCUT2D eigenvalue weighted by atomic mass is 9.82. The number of hydrogen-bond donors (Lipinski definition) is 0. The van der Waals surface area contributed by atoms with Crippen LogP contribution in [0.1, 0.15) is 77.6 Å². The molecule has 0 saturated heterocycles. The summed E-state index contributed by atoms with van der Waals surface area (Å²) in [5, 5.41) is 0. The fraction of sp³-hybridized carbons (Fsp3) is 0.727. The van der Waals surface area contributed by atoms with Crippen LogP contribution in [0.2, 0.25) is 0 Å². The van der Waals surface area contributed by atoms with Gasteiger partial charge in [-0.05, 0) is 42.7 Å². The van der Waals surface area contributed by atoms with Crippen LogP contribution >= 0.6 is 0 Å². The Bertz CT molecular complexity index is 502. The molecule has 2 aliphatic rings. The molecule has 0 heterocycles. The minimum absolute atomic E-state index is 0.454. The number of alkyl halides is 3. The quantitative estimate of drug-likeness (QED) is 0.367. The van der Waals surface area contributed by atoms with Crippen LogP contribution in [0, 0.1) is 5.92 Å². The van der Waals surface area contributed by atoms with E-state index in [0.29, 0.717) is 6.42 Å². The highest BCUT2D eigenvalue weighted by Crippen LogP contribution is 2.33. The molecule has 0 bridgehead atoms. The molecule has 2 unspecified atom stereocenters. The minimum Gasteiger partial charge on any atom is -0.364 e. The van der Waals surface area contributed by atoms with Crippen molar-refractivity contribution < 1.29 is 17.9 Å². The highest BCUT2D eigenvalue weighted by atomic mass is 19.4. The summed E-state index contributed by atoms with van der Waals surface area (Å²) < 4.78 is 41.5. The minimum atomic E-state index is -4.26. The van der Waals surface area contributed by atoms with Crippen LogP contribution in [0.15, 0.2) is 35.5 Å². The first kappa shape index (κ1) is 21.3. The van der Waals surface area contributed by atoms with Gasteiger partial charge in [0.1, 0.15) is 6.61 Å². The average Bonchev–Trinajstić information content (AvgIpc) is 2.63. The Balaban J connectivity index is 1.66. The van der Waals surface area contributed by atoms with Gasteiger partial charge in [-0.2, -0.15) is 13.2 Å². The number of unbranched alkanes of at least 4 members (excludes halogenated alkanes) is 5. The Kier molecular flexibility index (Phi) is 8.97. The fourth-order valence-corrected chi connectivity index (χ4v) is 3.79. The van der Waals surface area contributed by atoms with Crippen LogP contribution in [0.4, 0.5) is 13.2 Å². The van der Waals surface area contributed by atoms with Gasteiger partial charge in [0.25, 0.3) is 0 Å². The normalized spacial score (nSPS) is 23.7. The summed E-state index contributed by atoms with van der Waals surface area (Å²) in [6.45, 7) is 1.08. The van der Waals surface area contributed by atoms with Gasteiger partial charge in [-0.15, -0.1) is 0 Å². The third kappa shape index (κ3) is 8.11. The average molecular weight is 370 g/mol. The Hall–Kier alpha value is -1.03. The summed E-state index contributed by atoms with van der Waals surface area (Å²) in [5.74, 6) is 0.806.